The van der Waals surface area contributed by atoms with Gasteiger partial charge in [-0.05, 0) is 55.3 Å². The van der Waals surface area contributed by atoms with Crippen LogP contribution in [-0.2, 0) is 0 Å². The lowest BCUT2D eigenvalue weighted by Crippen LogP contribution is -2.45. The Morgan fingerprint density at radius 3 is 2.71 bits per heavy atom. The largest absolute Gasteiger partial charge is 0.329 e. The van der Waals surface area contributed by atoms with Gasteiger partial charge in [0.15, 0.2) is 0 Å². The molecule has 2 aliphatic rings. The molecular formula is C18H27ClN2. The molecule has 0 bridgehead atoms. The SMILES string of the molecule is Cc1ccc(C(CN)N2CCC3CCCCC3C2)cc1Cl. The standard InChI is InChI=1S/C18H27ClN2/c1-13-6-7-15(10-17(13)19)18(11-20)21-9-8-14-4-2-3-5-16(14)12-21/h6-7,10,14,16,18H,2-5,8-9,11-12,20H2,1H3. The normalized spacial score (nSPS) is 28.1. The van der Waals surface area contributed by atoms with Crippen molar-refractivity contribution in [1.82, 2.24) is 4.90 Å². The first-order valence-corrected chi connectivity index (χ1v) is 8.77. The summed E-state index contributed by atoms with van der Waals surface area (Å²) < 4.78 is 0. The first-order valence-electron chi connectivity index (χ1n) is 8.39. The summed E-state index contributed by atoms with van der Waals surface area (Å²) in [4.78, 5) is 2.60. The summed E-state index contributed by atoms with van der Waals surface area (Å²) >= 11 is 6.31. The number of fused-ring (bicyclic) bond motifs is 1. The molecule has 2 nitrogen and oxygen atoms in total. The molecule has 1 saturated heterocycles. The molecule has 0 spiro atoms. The van der Waals surface area contributed by atoms with Crippen molar-refractivity contribution in [2.24, 2.45) is 17.6 Å². The molecule has 2 N–H and O–H groups in total. The lowest BCUT2D eigenvalue weighted by atomic mass is 9.74. The molecule has 21 heavy (non-hydrogen) atoms. The number of hydrogen-bond acceptors (Lipinski definition) is 2. The molecule has 1 aromatic carbocycles. The van der Waals surface area contributed by atoms with E-state index in [2.05, 4.69) is 30.0 Å². The zero-order valence-electron chi connectivity index (χ0n) is 13.0. The fourth-order valence-corrected chi connectivity index (χ4v) is 4.41. The van der Waals surface area contributed by atoms with Gasteiger partial charge in [-0.15, -0.1) is 0 Å². The lowest BCUT2D eigenvalue weighted by Gasteiger charge is -2.44. The summed E-state index contributed by atoms with van der Waals surface area (Å²) in [6, 6.07) is 6.76. The number of nitrogens with two attached hydrogens (primary N) is 1. The second-order valence-electron chi connectivity index (χ2n) is 6.85. The number of benzene rings is 1. The van der Waals surface area contributed by atoms with Gasteiger partial charge in [-0.25, -0.2) is 0 Å². The minimum Gasteiger partial charge on any atom is -0.329 e. The van der Waals surface area contributed by atoms with E-state index in [0.717, 1.165) is 22.4 Å². The van der Waals surface area contributed by atoms with E-state index in [1.54, 1.807) is 0 Å². The summed E-state index contributed by atoms with van der Waals surface area (Å²) in [5, 5.41) is 0.860. The number of nitrogens with zero attached hydrogens (tertiary/aromatic N) is 1. The molecule has 2 fully saturated rings. The van der Waals surface area contributed by atoms with Crippen LogP contribution in [0.2, 0.25) is 5.02 Å². The van der Waals surface area contributed by atoms with Crippen LogP contribution in [0.25, 0.3) is 0 Å². The van der Waals surface area contributed by atoms with Crippen LogP contribution >= 0.6 is 11.6 Å². The quantitative estimate of drug-likeness (QED) is 0.908. The molecule has 3 unspecified atom stereocenters. The molecule has 116 valence electrons. The fraction of sp³-hybridized carbons (Fsp3) is 0.667. The summed E-state index contributed by atoms with van der Waals surface area (Å²) in [6.07, 6.45) is 7.06. The van der Waals surface area contributed by atoms with Gasteiger partial charge in [-0.3, -0.25) is 4.90 Å². The maximum absolute atomic E-state index is 6.31. The molecule has 1 heterocycles. The highest BCUT2D eigenvalue weighted by atomic mass is 35.5. The number of likely N-dealkylation sites (tertiary alicyclic amines) is 1. The van der Waals surface area contributed by atoms with E-state index in [1.807, 2.05) is 0 Å². The van der Waals surface area contributed by atoms with E-state index in [-0.39, 0.29) is 0 Å². The second kappa shape index (κ2) is 6.68. The average molecular weight is 307 g/mol. The van der Waals surface area contributed by atoms with E-state index < -0.39 is 0 Å². The van der Waals surface area contributed by atoms with Crippen molar-refractivity contribution in [3.05, 3.63) is 34.3 Å². The van der Waals surface area contributed by atoms with Crippen LogP contribution in [0.1, 0.15) is 49.3 Å². The van der Waals surface area contributed by atoms with E-state index in [4.69, 9.17) is 17.3 Å². The third-order valence-corrected chi connectivity index (χ3v) is 5.97. The van der Waals surface area contributed by atoms with Crippen molar-refractivity contribution in [1.29, 1.82) is 0 Å². The Kier molecular flexibility index (Phi) is 4.88. The van der Waals surface area contributed by atoms with Crippen LogP contribution in [0.15, 0.2) is 18.2 Å². The lowest BCUT2D eigenvalue weighted by molar-refractivity contribution is 0.0586. The van der Waals surface area contributed by atoms with Crippen molar-refractivity contribution in [3.63, 3.8) is 0 Å². The number of rotatable bonds is 3. The van der Waals surface area contributed by atoms with Crippen LogP contribution < -0.4 is 5.73 Å². The highest BCUT2D eigenvalue weighted by molar-refractivity contribution is 6.31. The van der Waals surface area contributed by atoms with Crippen LogP contribution in [-0.4, -0.2) is 24.5 Å². The molecule has 1 aromatic rings. The van der Waals surface area contributed by atoms with Crippen LogP contribution in [0.3, 0.4) is 0 Å². The number of hydrogen-bond donors (Lipinski definition) is 1. The minimum atomic E-state index is 0.325. The topological polar surface area (TPSA) is 29.3 Å². The van der Waals surface area contributed by atoms with Crippen molar-refractivity contribution in [3.8, 4) is 0 Å². The van der Waals surface area contributed by atoms with Crippen molar-refractivity contribution in [2.75, 3.05) is 19.6 Å². The Balaban J connectivity index is 1.75. The second-order valence-corrected chi connectivity index (χ2v) is 7.26. The molecule has 0 radical (unpaired) electrons. The molecule has 0 amide bonds. The van der Waals surface area contributed by atoms with Gasteiger partial charge in [-0.1, -0.05) is 43.0 Å². The smallest absolute Gasteiger partial charge is 0.0471 e. The summed E-state index contributed by atoms with van der Waals surface area (Å²) in [7, 11) is 0. The first kappa shape index (κ1) is 15.3. The zero-order chi connectivity index (χ0) is 14.8. The Morgan fingerprint density at radius 1 is 1.24 bits per heavy atom. The maximum Gasteiger partial charge on any atom is 0.0471 e. The minimum absolute atomic E-state index is 0.325. The molecule has 3 heteroatoms. The molecule has 1 saturated carbocycles. The highest BCUT2D eigenvalue weighted by Gasteiger charge is 2.33. The molecule has 3 rings (SSSR count). The number of aryl methyl sites for hydroxylation is 1. The first-order chi connectivity index (χ1) is 10.2. The number of halogens is 1. The molecule has 1 aliphatic carbocycles. The molecule has 1 aliphatic heterocycles. The zero-order valence-corrected chi connectivity index (χ0v) is 13.8. The molecule has 3 atom stereocenters. The predicted octanol–water partition coefficient (Wildman–Crippen LogP) is 4.16. The van der Waals surface area contributed by atoms with Gasteiger partial charge in [0.25, 0.3) is 0 Å². The van der Waals surface area contributed by atoms with Crippen LogP contribution in [0.5, 0.6) is 0 Å². The Bertz CT molecular complexity index is 488. The van der Waals surface area contributed by atoms with Crippen molar-refractivity contribution in [2.45, 2.75) is 45.1 Å². The Morgan fingerprint density at radius 2 is 2.00 bits per heavy atom. The summed E-state index contributed by atoms with van der Waals surface area (Å²) in [5.74, 6) is 1.86. The van der Waals surface area contributed by atoms with Gasteiger partial charge in [0.05, 0.1) is 0 Å². The fourth-order valence-electron chi connectivity index (χ4n) is 4.22. The van der Waals surface area contributed by atoms with Crippen molar-refractivity contribution < 1.29 is 0 Å². The van der Waals surface area contributed by atoms with Gasteiger partial charge < -0.3 is 5.73 Å². The van der Waals surface area contributed by atoms with Gasteiger partial charge in [-0.2, -0.15) is 0 Å². The van der Waals surface area contributed by atoms with E-state index in [9.17, 15) is 0 Å². The van der Waals surface area contributed by atoms with Gasteiger partial charge in [0.2, 0.25) is 0 Å². The maximum atomic E-state index is 6.31. The van der Waals surface area contributed by atoms with Gasteiger partial charge in [0, 0.05) is 24.2 Å². The number of piperidine rings is 1. The van der Waals surface area contributed by atoms with Crippen LogP contribution in [0, 0.1) is 18.8 Å². The average Bonchev–Trinajstić information content (AvgIpc) is 2.51. The van der Waals surface area contributed by atoms with E-state index in [1.165, 1.54) is 50.8 Å². The summed E-state index contributed by atoms with van der Waals surface area (Å²) in [5.41, 5.74) is 8.53. The third-order valence-electron chi connectivity index (χ3n) is 5.57. The highest BCUT2D eigenvalue weighted by Crippen LogP contribution is 2.38. The van der Waals surface area contributed by atoms with Gasteiger partial charge in [0.1, 0.15) is 0 Å². The molecule has 0 aromatic heterocycles. The van der Waals surface area contributed by atoms with E-state index in [0.29, 0.717) is 12.6 Å². The monoisotopic (exact) mass is 306 g/mol. The molecular weight excluding hydrogens is 280 g/mol. The van der Waals surface area contributed by atoms with E-state index >= 15 is 0 Å². The third kappa shape index (κ3) is 3.28. The predicted molar refractivity (Wildman–Crippen MR) is 89.6 cm³/mol. The summed E-state index contributed by atoms with van der Waals surface area (Å²) in [6.45, 7) is 5.14. The Labute approximate surface area is 133 Å². The van der Waals surface area contributed by atoms with Gasteiger partial charge >= 0.3 is 0 Å². The Hall–Kier alpha value is -0.570. The van der Waals surface area contributed by atoms with Crippen molar-refractivity contribution >= 4 is 11.6 Å². The van der Waals surface area contributed by atoms with Crippen LogP contribution in [0.4, 0.5) is 0 Å².